The average molecular weight is 260 g/mol. The molecule has 1 heterocycles. The summed E-state index contributed by atoms with van der Waals surface area (Å²) in [5, 5.41) is 0. The van der Waals surface area contributed by atoms with Crippen molar-refractivity contribution in [3.63, 3.8) is 0 Å². The zero-order chi connectivity index (χ0) is 12.6. The molecule has 19 heavy (non-hydrogen) atoms. The van der Waals surface area contributed by atoms with Gasteiger partial charge < -0.3 is 9.64 Å². The van der Waals surface area contributed by atoms with E-state index in [9.17, 15) is 0 Å². The minimum absolute atomic E-state index is 0. The van der Waals surface area contributed by atoms with Crippen molar-refractivity contribution in [2.24, 2.45) is 0 Å². The molecule has 3 heteroatoms. The van der Waals surface area contributed by atoms with Gasteiger partial charge in [-0.05, 0) is 44.5 Å². The average Bonchev–Trinajstić information content (AvgIpc) is 2.45. The number of hydrogen-bond acceptors (Lipinski definition) is 2. The van der Waals surface area contributed by atoms with Crippen molar-refractivity contribution in [2.75, 3.05) is 26.2 Å². The molecule has 1 fully saturated rings. The maximum absolute atomic E-state index is 6.87. The predicted molar refractivity (Wildman–Crippen MR) is 79.8 cm³/mol. The van der Waals surface area contributed by atoms with Crippen molar-refractivity contribution in [1.82, 2.24) is 4.90 Å². The number of rotatable bonds is 5. The summed E-state index contributed by atoms with van der Waals surface area (Å²) in [6.45, 7) is 11.3. The van der Waals surface area contributed by atoms with E-state index in [0.717, 1.165) is 25.3 Å². The van der Waals surface area contributed by atoms with Crippen LogP contribution in [-0.2, 0) is 0 Å². The van der Waals surface area contributed by atoms with Crippen LogP contribution < -0.4 is 4.74 Å². The second kappa shape index (κ2) is 8.55. The molecule has 0 aromatic heterocycles. The third-order valence-corrected chi connectivity index (χ3v) is 3.30. The summed E-state index contributed by atoms with van der Waals surface area (Å²) in [5.41, 5.74) is 0.663. The van der Waals surface area contributed by atoms with Crippen LogP contribution in [0.25, 0.3) is 4.85 Å². The molecule has 0 spiro atoms. The molecule has 0 atom stereocenters. The highest BCUT2D eigenvalue weighted by Gasteiger charge is 2.08. The lowest BCUT2D eigenvalue weighted by Gasteiger charge is -2.26. The van der Waals surface area contributed by atoms with E-state index in [4.69, 9.17) is 11.3 Å². The molecule has 0 aliphatic carbocycles. The van der Waals surface area contributed by atoms with Gasteiger partial charge in [0.05, 0.1) is 13.2 Å². The molecule has 2 rings (SSSR count). The first-order valence-electron chi connectivity index (χ1n) is 6.71. The van der Waals surface area contributed by atoms with Gasteiger partial charge in [-0.25, -0.2) is 4.85 Å². The first kappa shape index (κ1) is 15.5. The second-order valence-corrected chi connectivity index (χ2v) is 4.71. The highest BCUT2D eigenvalue weighted by Crippen LogP contribution is 2.18. The van der Waals surface area contributed by atoms with Crippen molar-refractivity contribution in [1.29, 1.82) is 0 Å². The van der Waals surface area contributed by atoms with E-state index in [-0.39, 0.29) is 7.43 Å². The second-order valence-electron chi connectivity index (χ2n) is 4.71. The van der Waals surface area contributed by atoms with E-state index in [1.807, 2.05) is 12.1 Å². The minimum Gasteiger partial charge on any atom is -0.494 e. The summed E-state index contributed by atoms with van der Waals surface area (Å²) < 4.78 is 5.67. The van der Waals surface area contributed by atoms with E-state index in [0.29, 0.717) is 5.69 Å². The third kappa shape index (κ3) is 5.32. The zero-order valence-corrected chi connectivity index (χ0v) is 10.8. The number of ether oxygens (including phenoxy) is 1. The van der Waals surface area contributed by atoms with Crippen LogP contribution in [0, 0.1) is 6.57 Å². The maximum atomic E-state index is 6.87. The Labute approximate surface area is 117 Å². The summed E-state index contributed by atoms with van der Waals surface area (Å²) in [6.07, 6.45) is 5.16. The van der Waals surface area contributed by atoms with Crippen molar-refractivity contribution in [3.8, 4) is 5.75 Å². The molecule has 1 saturated heterocycles. The van der Waals surface area contributed by atoms with Crippen molar-refractivity contribution in [2.45, 2.75) is 33.1 Å². The van der Waals surface area contributed by atoms with Gasteiger partial charge in [0.2, 0.25) is 0 Å². The van der Waals surface area contributed by atoms with Gasteiger partial charge in [-0.2, -0.15) is 0 Å². The van der Waals surface area contributed by atoms with Gasteiger partial charge in [-0.15, -0.1) is 0 Å². The Hall–Kier alpha value is -1.53. The largest absolute Gasteiger partial charge is 0.494 e. The highest BCUT2D eigenvalue weighted by atomic mass is 16.5. The summed E-state index contributed by atoms with van der Waals surface area (Å²) in [6, 6.07) is 7.34. The van der Waals surface area contributed by atoms with Crippen LogP contribution in [0.5, 0.6) is 5.75 Å². The fourth-order valence-electron chi connectivity index (χ4n) is 2.28. The van der Waals surface area contributed by atoms with E-state index >= 15 is 0 Å². The molecule has 0 bridgehead atoms. The first-order chi connectivity index (χ1) is 8.88. The van der Waals surface area contributed by atoms with Gasteiger partial charge in [0.25, 0.3) is 0 Å². The molecule has 1 aliphatic rings. The summed E-state index contributed by atoms with van der Waals surface area (Å²) in [4.78, 5) is 5.88. The van der Waals surface area contributed by atoms with Crippen LogP contribution in [-0.4, -0.2) is 31.1 Å². The van der Waals surface area contributed by atoms with Gasteiger partial charge >= 0.3 is 0 Å². The summed E-state index contributed by atoms with van der Waals surface area (Å²) in [7, 11) is 0. The van der Waals surface area contributed by atoms with Gasteiger partial charge in [-0.1, -0.05) is 26.0 Å². The smallest absolute Gasteiger partial charge is 0.187 e. The number of likely N-dealkylation sites (tertiary alicyclic amines) is 1. The Morgan fingerprint density at radius 2 is 1.79 bits per heavy atom. The molecule has 104 valence electrons. The molecular weight excluding hydrogens is 236 g/mol. The minimum atomic E-state index is 0. The van der Waals surface area contributed by atoms with Crippen LogP contribution in [0.3, 0.4) is 0 Å². The topological polar surface area (TPSA) is 16.8 Å². The van der Waals surface area contributed by atoms with Gasteiger partial charge in [0.1, 0.15) is 5.75 Å². The Morgan fingerprint density at radius 1 is 1.11 bits per heavy atom. The Balaban J connectivity index is 0.00000180. The molecular formula is C16H24N2O. The standard InChI is InChI=1S/C15H20N2O.CH4/c1-16-14-6-8-15(9-7-14)18-13-5-12-17-10-3-2-4-11-17;/h6-9H,2-5,10-13H2;1H4. The highest BCUT2D eigenvalue weighted by molar-refractivity contribution is 5.46. The number of piperidine rings is 1. The lowest BCUT2D eigenvalue weighted by Crippen LogP contribution is -2.31. The molecule has 1 aromatic carbocycles. The Morgan fingerprint density at radius 3 is 2.42 bits per heavy atom. The summed E-state index contributed by atoms with van der Waals surface area (Å²) in [5.74, 6) is 0.862. The SMILES string of the molecule is C.[C-]#[N+]c1ccc(OCCCN2CCCCC2)cc1. The number of benzene rings is 1. The maximum Gasteiger partial charge on any atom is 0.187 e. The molecule has 1 aromatic rings. The normalized spacial score (nSPS) is 15.3. The van der Waals surface area contributed by atoms with Crippen molar-refractivity contribution < 1.29 is 4.74 Å². The fraction of sp³-hybridized carbons (Fsp3) is 0.562. The van der Waals surface area contributed by atoms with Crippen LogP contribution >= 0.6 is 0 Å². The van der Waals surface area contributed by atoms with Crippen LogP contribution in [0.1, 0.15) is 33.1 Å². The zero-order valence-electron chi connectivity index (χ0n) is 10.8. The fourth-order valence-corrected chi connectivity index (χ4v) is 2.28. The van der Waals surface area contributed by atoms with Crippen LogP contribution in [0.2, 0.25) is 0 Å². The van der Waals surface area contributed by atoms with Gasteiger partial charge in [0.15, 0.2) is 5.69 Å². The molecule has 0 amide bonds. The van der Waals surface area contributed by atoms with E-state index in [2.05, 4.69) is 9.74 Å². The Bertz CT molecular complexity index is 388. The number of hydrogen-bond donors (Lipinski definition) is 0. The van der Waals surface area contributed by atoms with Gasteiger partial charge in [-0.3, -0.25) is 0 Å². The molecule has 3 nitrogen and oxygen atoms in total. The molecule has 0 N–H and O–H groups in total. The molecule has 0 unspecified atom stereocenters. The van der Waals surface area contributed by atoms with Crippen LogP contribution in [0.15, 0.2) is 24.3 Å². The van der Waals surface area contributed by atoms with Crippen LogP contribution in [0.4, 0.5) is 5.69 Å². The predicted octanol–water partition coefficient (Wildman–Crippen LogP) is 4.13. The van der Waals surface area contributed by atoms with Crippen molar-refractivity contribution in [3.05, 3.63) is 35.7 Å². The number of nitrogens with zero attached hydrogens (tertiary/aromatic N) is 2. The summed E-state index contributed by atoms with van der Waals surface area (Å²) >= 11 is 0. The Kier molecular flexibility index (Phi) is 6.99. The van der Waals surface area contributed by atoms with Gasteiger partial charge in [0, 0.05) is 6.54 Å². The molecule has 0 saturated carbocycles. The monoisotopic (exact) mass is 260 g/mol. The molecule has 1 aliphatic heterocycles. The van der Waals surface area contributed by atoms with E-state index in [1.165, 1.54) is 32.4 Å². The lowest BCUT2D eigenvalue weighted by atomic mass is 10.1. The van der Waals surface area contributed by atoms with E-state index < -0.39 is 0 Å². The first-order valence-corrected chi connectivity index (χ1v) is 6.71. The lowest BCUT2D eigenvalue weighted by molar-refractivity contribution is 0.205. The quantitative estimate of drug-likeness (QED) is 0.585. The third-order valence-electron chi connectivity index (χ3n) is 3.30. The van der Waals surface area contributed by atoms with E-state index in [1.54, 1.807) is 12.1 Å². The van der Waals surface area contributed by atoms with Crippen molar-refractivity contribution >= 4 is 5.69 Å². The molecule has 0 radical (unpaired) electrons.